The Bertz CT molecular complexity index is 1180. The van der Waals surface area contributed by atoms with Crippen molar-refractivity contribution in [3.8, 4) is 10.4 Å². The molecular weight excluding hydrogens is 372 g/mol. The lowest BCUT2D eigenvalue weighted by atomic mass is 10.1. The van der Waals surface area contributed by atoms with Gasteiger partial charge in [-0.15, -0.1) is 11.3 Å². The topological polar surface area (TPSA) is 34.9 Å². The fraction of sp³-hybridized carbons (Fsp3) is 0.182. The van der Waals surface area contributed by atoms with Gasteiger partial charge in [-0.2, -0.15) is 0 Å². The summed E-state index contributed by atoms with van der Waals surface area (Å²) in [6, 6.07) is 18.6. The van der Waals surface area contributed by atoms with E-state index >= 15 is 0 Å². The van der Waals surface area contributed by atoms with E-state index < -0.39 is 0 Å². The molecule has 0 amide bonds. The summed E-state index contributed by atoms with van der Waals surface area (Å²) in [5.74, 6) is 0.801. The Balaban J connectivity index is 1.70. The van der Waals surface area contributed by atoms with Crippen LogP contribution >= 0.6 is 23.1 Å². The van der Waals surface area contributed by atoms with Crippen LogP contribution in [0.2, 0.25) is 0 Å². The van der Waals surface area contributed by atoms with E-state index in [2.05, 4.69) is 44.2 Å². The molecule has 0 aliphatic carbocycles. The second-order valence-electron chi connectivity index (χ2n) is 6.67. The number of hydrogen-bond donors (Lipinski definition) is 0. The van der Waals surface area contributed by atoms with Gasteiger partial charge >= 0.3 is 0 Å². The summed E-state index contributed by atoms with van der Waals surface area (Å²) in [4.78, 5) is 18.7. The quantitative estimate of drug-likeness (QED) is 0.336. The van der Waals surface area contributed by atoms with Gasteiger partial charge < -0.3 is 0 Å². The first kappa shape index (κ1) is 18.0. The average Bonchev–Trinajstić information content (AvgIpc) is 3.11. The monoisotopic (exact) mass is 392 g/mol. The molecule has 0 atom stereocenters. The van der Waals surface area contributed by atoms with Gasteiger partial charge in [0.05, 0.1) is 5.52 Å². The Morgan fingerprint density at radius 1 is 1.07 bits per heavy atom. The zero-order valence-electron chi connectivity index (χ0n) is 15.5. The van der Waals surface area contributed by atoms with Crippen LogP contribution in [0.15, 0.2) is 64.5 Å². The van der Waals surface area contributed by atoms with Gasteiger partial charge in [0.15, 0.2) is 5.16 Å². The van der Waals surface area contributed by atoms with Crippen molar-refractivity contribution in [3.05, 3.63) is 81.6 Å². The van der Waals surface area contributed by atoms with Gasteiger partial charge in [0.1, 0.15) is 4.70 Å². The van der Waals surface area contributed by atoms with Crippen molar-refractivity contribution in [1.29, 1.82) is 0 Å². The SMILES string of the molecule is Cc1ccc(C)c(CSc2nc3cc(-c4ccccc4)sc3c(=O)n2C)c1. The van der Waals surface area contributed by atoms with Gasteiger partial charge in [-0.25, -0.2) is 4.98 Å². The molecule has 0 bridgehead atoms. The minimum absolute atomic E-state index is 0.0237. The predicted octanol–water partition coefficient (Wildman–Crippen LogP) is 5.57. The number of benzene rings is 2. The van der Waals surface area contributed by atoms with Gasteiger partial charge in [-0.1, -0.05) is 65.9 Å². The summed E-state index contributed by atoms with van der Waals surface area (Å²) in [6.45, 7) is 4.22. The van der Waals surface area contributed by atoms with Crippen molar-refractivity contribution >= 4 is 33.3 Å². The number of fused-ring (bicyclic) bond motifs is 1. The fourth-order valence-electron chi connectivity index (χ4n) is 3.01. The third-order valence-electron chi connectivity index (χ3n) is 4.63. The Hall–Kier alpha value is -2.37. The van der Waals surface area contributed by atoms with E-state index in [4.69, 9.17) is 4.98 Å². The number of thiophene rings is 1. The molecule has 136 valence electrons. The van der Waals surface area contributed by atoms with Crippen molar-refractivity contribution in [2.45, 2.75) is 24.8 Å². The van der Waals surface area contributed by atoms with Crippen molar-refractivity contribution in [2.24, 2.45) is 7.05 Å². The molecule has 0 unspecified atom stereocenters. The maximum Gasteiger partial charge on any atom is 0.271 e. The Morgan fingerprint density at radius 2 is 1.85 bits per heavy atom. The highest BCUT2D eigenvalue weighted by molar-refractivity contribution is 7.98. The molecule has 0 aliphatic heterocycles. The lowest BCUT2D eigenvalue weighted by Gasteiger charge is -2.09. The lowest BCUT2D eigenvalue weighted by Crippen LogP contribution is -2.18. The third-order valence-corrected chi connectivity index (χ3v) is 6.87. The molecule has 0 aliphatic rings. The average molecular weight is 393 g/mol. The molecular formula is C22H20N2OS2. The Morgan fingerprint density at radius 3 is 2.63 bits per heavy atom. The second-order valence-corrected chi connectivity index (χ2v) is 8.66. The first-order valence-corrected chi connectivity index (χ1v) is 10.6. The molecule has 0 saturated carbocycles. The van der Waals surface area contributed by atoms with Crippen LogP contribution in [-0.2, 0) is 12.8 Å². The van der Waals surface area contributed by atoms with Crippen LogP contribution in [0.3, 0.4) is 0 Å². The molecule has 4 rings (SSSR count). The van der Waals surface area contributed by atoms with Gasteiger partial charge in [0.25, 0.3) is 5.56 Å². The van der Waals surface area contributed by atoms with Crippen molar-refractivity contribution < 1.29 is 0 Å². The van der Waals surface area contributed by atoms with E-state index in [1.807, 2.05) is 31.3 Å². The van der Waals surface area contributed by atoms with Crippen molar-refractivity contribution in [1.82, 2.24) is 9.55 Å². The van der Waals surface area contributed by atoms with Crippen LogP contribution in [0, 0.1) is 13.8 Å². The number of thioether (sulfide) groups is 1. The molecule has 0 spiro atoms. The highest BCUT2D eigenvalue weighted by atomic mass is 32.2. The number of hydrogen-bond acceptors (Lipinski definition) is 4. The van der Waals surface area contributed by atoms with Crippen LogP contribution in [0.4, 0.5) is 0 Å². The van der Waals surface area contributed by atoms with E-state index in [0.29, 0.717) is 4.70 Å². The van der Waals surface area contributed by atoms with Gasteiger partial charge in [-0.3, -0.25) is 9.36 Å². The standard InChI is InChI=1S/C22H20N2OS2/c1-14-9-10-15(2)17(11-14)13-26-22-23-18-12-19(16-7-5-4-6-8-16)27-20(18)21(25)24(22)3/h4-12H,13H2,1-3H3. The number of aryl methyl sites for hydroxylation is 2. The van der Waals surface area contributed by atoms with Gasteiger partial charge in [0.2, 0.25) is 0 Å². The largest absolute Gasteiger partial charge is 0.290 e. The van der Waals surface area contributed by atoms with E-state index in [9.17, 15) is 4.79 Å². The molecule has 27 heavy (non-hydrogen) atoms. The predicted molar refractivity (Wildman–Crippen MR) is 116 cm³/mol. The van der Waals surface area contributed by atoms with Crippen LogP contribution in [0.5, 0.6) is 0 Å². The smallest absolute Gasteiger partial charge is 0.271 e. The molecule has 0 saturated heterocycles. The molecule has 2 aromatic heterocycles. The highest BCUT2D eigenvalue weighted by Crippen LogP contribution is 2.32. The second kappa shape index (κ2) is 7.33. The van der Waals surface area contributed by atoms with Gasteiger partial charge in [0, 0.05) is 17.7 Å². The number of nitrogens with zero attached hydrogens (tertiary/aromatic N) is 2. The molecule has 2 aromatic carbocycles. The summed E-state index contributed by atoms with van der Waals surface area (Å²) in [5, 5.41) is 0.755. The summed E-state index contributed by atoms with van der Waals surface area (Å²) in [6.07, 6.45) is 0. The molecule has 5 heteroatoms. The molecule has 4 aromatic rings. The first-order valence-electron chi connectivity index (χ1n) is 8.78. The molecule has 0 N–H and O–H groups in total. The summed E-state index contributed by atoms with van der Waals surface area (Å²) in [7, 11) is 1.81. The fourth-order valence-corrected chi connectivity index (χ4v) is 5.12. The van der Waals surface area contributed by atoms with Gasteiger partial charge in [-0.05, 0) is 36.6 Å². The normalized spacial score (nSPS) is 11.2. The molecule has 0 fully saturated rings. The third kappa shape index (κ3) is 3.57. The van der Waals surface area contributed by atoms with E-state index in [1.165, 1.54) is 28.0 Å². The number of aromatic nitrogens is 2. The van der Waals surface area contributed by atoms with E-state index in [0.717, 1.165) is 26.9 Å². The Kier molecular flexibility index (Phi) is 4.89. The molecule has 0 radical (unpaired) electrons. The van der Waals surface area contributed by atoms with Crippen LogP contribution in [-0.4, -0.2) is 9.55 Å². The zero-order valence-corrected chi connectivity index (χ0v) is 17.2. The minimum Gasteiger partial charge on any atom is -0.290 e. The van der Waals surface area contributed by atoms with Crippen LogP contribution in [0.1, 0.15) is 16.7 Å². The highest BCUT2D eigenvalue weighted by Gasteiger charge is 2.14. The summed E-state index contributed by atoms with van der Waals surface area (Å²) < 4.78 is 2.39. The maximum absolute atomic E-state index is 12.8. The summed E-state index contributed by atoms with van der Waals surface area (Å²) in [5.41, 5.74) is 5.72. The van der Waals surface area contributed by atoms with E-state index in [-0.39, 0.29) is 5.56 Å². The minimum atomic E-state index is 0.0237. The van der Waals surface area contributed by atoms with Crippen LogP contribution in [0.25, 0.3) is 20.7 Å². The molecule has 2 heterocycles. The molecule has 3 nitrogen and oxygen atoms in total. The number of rotatable bonds is 4. The zero-order chi connectivity index (χ0) is 19.0. The van der Waals surface area contributed by atoms with Crippen LogP contribution < -0.4 is 5.56 Å². The lowest BCUT2D eigenvalue weighted by molar-refractivity contribution is 0.728. The van der Waals surface area contributed by atoms with Crippen molar-refractivity contribution in [2.75, 3.05) is 0 Å². The summed E-state index contributed by atoms with van der Waals surface area (Å²) >= 11 is 3.13. The van der Waals surface area contributed by atoms with Crippen molar-refractivity contribution in [3.63, 3.8) is 0 Å². The first-order chi connectivity index (χ1) is 13.0. The van der Waals surface area contributed by atoms with E-state index in [1.54, 1.807) is 16.3 Å². The Labute approximate surface area is 166 Å². The maximum atomic E-state index is 12.8.